The van der Waals surface area contributed by atoms with E-state index in [-0.39, 0.29) is 5.82 Å². The van der Waals surface area contributed by atoms with Crippen LogP contribution in [0.5, 0.6) is 0 Å². The summed E-state index contributed by atoms with van der Waals surface area (Å²) < 4.78 is 13.5. The Morgan fingerprint density at radius 1 is 1.04 bits per heavy atom. The zero-order valence-electron chi connectivity index (χ0n) is 14.0. The molecule has 1 aliphatic rings. The molecule has 25 heavy (non-hydrogen) atoms. The SMILES string of the molecule is O[C@@H](CN1CCN(c2ccccc2)CC1)c1c[nH]c2ccc(F)cc12. The Hall–Kier alpha value is -2.37. The van der Waals surface area contributed by atoms with Gasteiger partial charge in [-0.2, -0.15) is 0 Å². The van der Waals surface area contributed by atoms with E-state index in [2.05, 4.69) is 39.0 Å². The van der Waals surface area contributed by atoms with E-state index in [0.717, 1.165) is 42.6 Å². The summed E-state index contributed by atoms with van der Waals surface area (Å²) >= 11 is 0. The number of nitrogens with one attached hydrogen (secondary N) is 1. The molecule has 0 aliphatic carbocycles. The molecule has 1 aromatic heterocycles. The van der Waals surface area contributed by atoms with Crippen molar-refractivity contribution in [1.82, 2.24) is 9.88 Å². The van der Waals surface area contributed by atoms with Crippen LogP contribution in [0.25, 0.3) is 10.9 Å². The molecule has 2 heterocycles. The minimum Gasteiger partial charge on any atom is -0.387 e. The topological polar surface area (TPSA) is 42.5 Å². The van der Waals surface area contributed by atoms with Gasteiger partial charge in [0.2, 0.25) is 0 Å². The maximum absolute atomic E-state index is 13.5. The van der Waals surface area contributed by atoms with Gasteiger partial charge in [0.15, 0.2) is 0 Å². The number of fused-ring (bicyclic) bond motifs is 1. The Kier molecular flexibility index (Phi) is 4.42. The average molecular weight is 339 g/mol. The number of rotatable bonds is 4. The molecule has 1 aliphatic heterocycles. The molecule has 0 unspecified atom stereocenters. The first-order valence-corrected chi connectivity index (χ1v) is 8.67. The second kappa shape index (κ2) is 6.86. The molecule has 0 saturated carbocycles. The maximum Gasteiger partial charge on any atom is 0.123 e. The molecule has 1 fully saturated rings. The third-order valence-electron chi connectivity index (χ3n) is 4.96. The molecule has 0 bridgehead atoms. The second-order valence-electron chi connectivity index (χ2n) is 6.57. The number of anilines is 1. The van der Waals surface area contributed by atoms with Gasteiger partial charge >= 0.3 is 0 Å². The summed E-state index contributed by atoms with van der Waals surface area (Å²) in [5.41, 5.74) is 2.86. The van der Waals surface area contributed by atoms with Crippen molar-refractivity contribution in [3.8, 4) is 0 Å². The number of aliphatic hydroxyl groups excluding tert-OH is 1. The van der Waals surface area contributed by atoms with Crippen LogP contribution >= 0.6 is 0 Å². The predicted molar refractivity (Wildman–Crippen MR) is 98.3 cm³/mol. The third kappa shape index (κ3) is 3.38. The van der Waals surface area contributed by atoms with Crippen LogP contribution in [0.3, 0.4) is 0 Å². The fourth-order valence-corrected chi connectivity index (χ4v) is 3.56. The first-order valence-electron chi connectivity index (χ1n) is 8.67. The fraction of sp³-hybridized carbons (Fsp3) is 0.300. The van der Waals surface area contributed by atoms with Crippen LogP contribution < -0.4 is 4.90 Å². The maximum atomic E-state index is 13.5. The lowest BCUT2D eigenvalue weighted by molar-refractivity contribution is 0.110. The molecule has 0 radical (unpaired) electrons. The molecule has 5 heteroatoms. The Balaban J connectivity index is 1.40. The van der Waals surface area contributed by atoms with Gasteiger partial charge in [-0.3, -0.25) is 4.90 Å². The van der Waals surface area contributed by atoms with Gasteiger partial charge in [0.05, 0.1) is 6.10 Å². The van der Waals surface area contributed by atoms with Gasteiger partial charge in [0.1, 0.15) is 5.82 Å². The van der Waals surface area contributed by atoms with Crippen molar-refractivity contribution in [2.45, 2.75) is 6.10 Å². The number of halogens is 1. The van der Waals surface area contributed by atoms with Crippen LogP contribution in [0, 0.1) is 5.82 Å². The van der Waals surface area contributed by atoms with Crippen molar-refractivity contribution in [2.75, 3.05) is 37.6 Å². The zero-order valence-corrected chi connectivity index (χ0v) is 14.0. The Morgan fingerprint density at radius 2 is 1.80 bits per heavy atom. The minimum absolute atomic E-state index is 0.281. The number of piperazine rings is 1. The van der Waals surface area contributed by atoms with Crippen molar-refractivity contribution in [1.29, 1.82) is 0 Å². The summed E-state index contributed by atoms with van der Waals surface area (Å²) in [6.45, 7) is 4.26. The zero-order chi connectivity index (χ0) is 17.2. The highest BCUT2D eigenvalue weighted by molar-refractivity contribution is 5.83. The van der Waals surface area contributed by atoms with Crippen LogP contribution in [0.4, 0.5) is 10.1 Å². The van der Waals surface area contributed by atoms with Gasteiger partial charge in [-0.15, -0.1) is 0 Å². The van der Waals surface area contributed by atoms with Crippen molar-refractivity contribution in [3.05, 3.63) is 66.1 Å². The van der Waals surface area contributed by atoms with E-state index < -0.39 is 6.10 Å². The highest BCUT2D eigenvalue weighted by Gasteiger charge is 2.21. The Labute approximate surface area is 146 Å². The van der Waals surface area contributed by atoms with Gasteiger partial charge in [0, 0.05) is 61.1 Å². The number of nitrogens with zero attached hydrogens (tertiary/aromatic N) is 2. The molecule has 3 aromatic rings. The molecule has 0 spiro atoms. The van der Waals surface area contributed by atoms with E-state index in [9.17, 15) is 9.50 Å². The number of aromatic amines is 1. The molecule has 130 valence electrons. The number of benzene rings is 2. The van der Waals surface area contributed by atoms with Gasteiger partial charge in [0.25, 0.3) is 0 Å². The van der Waals surface area contributed by atoms with Crippen LogP contribution in [0.15, 0.2) is 54.7 Å². The third-order valence-corrected chi connectivity index (χ3v) is 4.96. The number of para-hydroxylation sites is 1. The molecule has 0 amide bonds. The predicted octanol–water partition coefficient (Wildman–Crippen LogP) is 3.16. The largest absolute Gasteiger partial charge is 0.387 e. The number of hydrogen-bond acceptors (Lipinski definition) is 3. The summed E-state index contributed by atoms with van der Waals surface area (Å²) in [5.74, 6) is -0.281. The van der Waals surface area contributed by atoms with Crippen molar-refractivity contribution >= 4 is 16.6 Å². The Morgan fingerprint density at radius 3 is 2.56 bits per heavy atom. The highest BCUT2D eigenvalue weighted by atomic mass is 19.1. The van der Waals surface area contributed by atoms with Crippen LogP contribution in [-0.2, 0) is 0 Å². The molecule has 1 atom stereocenters. The smallest absolute Gasteiger partial charge is 0.123 e. The normalized spacial score (nSPS) is 17.1. The molecular weight excluding hydrogens is 317 g/mol. The average Bonchev–Trinajstić information content (AvgIpc) is 3.06. The summed E-state index contributed by atoms with van der Waals surface area (Å²) in [7, 11) is 0. The monoisotopic (exact) mass is 339 g/mol. The lowest BCUT2D eigenvalue weighted by Gasteiger charge is -2.36. The number of β-amino-alcohol motifs (C(OH)–C–C–N with tert-alkyl or cyclic N) is 1. The van der Waals surface area contributed by atoms with Crippen LogP contribution in [0.1, 0.15) is 11.7 Å². The van der Waals surface area contributed by atoms with Crippen molar-refractivity contribution < 1.29 is 9.50 Å². The first kappa shape index (κ1) is 16.1. The van der Waals surface area contributed by atoms with Crippen molar-refractivity contribution in [2.24, 2.45) is 0 Å². The summed E-state index contributed by atoms with van der Waals surface area (Å²) in [4.78, 5) is 7.74. The molecule has 2 N–H and O–H groups in total. The number of aromatic nitrogens is 1. The second-order valence-corrected chi connectivity index (χ2v) is 6.57. The van der Waals surface area contributed by atoms with Gasteiger partial charge in [-0.05, 0) is 30.3 Å². The van der Waals surface area contributed by atoms with E-state index >= 15 is 0 Å². The van der Waals surface area contributed by atoms with Crippen LogP contribution in [0.2, 0.25) is 0 Å². The molecule has 1 saturated heterocycles. The Bertz CT molecular complexity index is 841. The number of aliphatic hydroxyl groups is 1. The number of hydrogen-bond donors (Lipinski definition) is 2. The summed E-state index contributed by atoms with van der Waals surface area (Å²) in [6, 6.07) is 15.0. The molecule has 4 rings (SSSR count). The molecule has 2 aromatic carbocycles. The lowest BCUT2D eigenvalue weighted by Crippen LogP contribution is -2.47. The minimum atomic E-state index is -0.626. The van der Waals surface area contributed by atoms with Crippen molar-refractivity contribution in [3.63, 3.8) is 0 Å². The quantitative estimate of drug-likeness (QED) is 0.767. The van der Waals surface area contributed by atoms with E-state index in [0.29, 0.717) is 6.54 Å². The molecule has 4 nitrogen and oxygen atoms in total. The van der Waals surface area contributed by atoms with E-state index in [1.165, 1.54) is 17.8 Å². The number of H-pyrrole nitrogens is 1. The molecular formula is C20H22FN3O. The van der Waals surface area contributed by atoms with Gasteiger partial charge in [-0.1, -0.05) is 18.2 Å². The van der Waals surface area contributed by atoms with E-state index in [1.807, 2.05) is 6.07 Å². The summed E-state index contributed by atoms with van der Waals surface area (Å²) in [6.07, 6.45) is 1.16. The van der Waals surface area contributed by atoms with E-state index in [4.69, 9.17) is 0 Å². The summed E-state index contributed by atoms with van der Waals surface area (Å²) in [5, 5.41) is 11.4. The standard InChI is InChI=1S/C20H22FN3O/c21-15-6-7-19-17(12-15)18(13-22-19)20(25)14-23-8-10-24(11-9-23)16-4-2-1-3-5-16/h1-7,12-13,20,22,25H,8-11,14H2/t20-/m0/s1. The van der Waals surface area contributed by atoms with Gasteiger partial charge < -0.3 is 15.0 Å². The van der Waals surface area contributed by atoms with E-state index in [1.54, 1.807) is 12.3 Å². The lowest BCUT2D eigenvalue weighted by atomic mass is 10.1. The highest BCUT2D eigenvalue weighted by Crippen LogP contribution is 2.26. The van der Waals surface area contributed by atoms with Crippen LogP contribution in [-0.4, -0.2) is 47.7 Å². The van der Waals surface area contributed by atoms with Gasteiger partial charge in [-0.25, -0.2) is 4.39 Å². The first-order chi connectivity index (χ1) is 12.2. The fourth-order valence-electron chi connectivity index (χ4n) is 3.56.